The summed E-state index contributed by atoms with van der Waals surface area (Å²) in [5.41, 5.74) is 0. The quantitative estimate of drug-likeness (QED) is 0.751. The van der Waals surface area contributed by atoms with Gasteiger partial charge in [-0.2, -0.15) is 0 Å². The highest BCUT2D eigenvalue weighted by molar-refractivity contribution is 5.81. The van der Waals surface area contributed by atoms with E-state index in [0.717, 1.165) is 31.5 Å². The van der Waals surface area contributed by atoms with E-state index < -0.39 is 0 Å². The number of rotatable bonds is 3. The molecule has 0 N–H and O–H groups in total. The summed E-state index contributed by atoms with van der Waals surface area (Å²) in [5.74, 6) is 1.73. The lowest BCUT2D eigenvalue weighted by Crippen LogP contribution is -2.46. The molecule has 1 aliphatic heterocycles. The van der Waals surface area contributed by atoms with Crippen molar-refractivity contribution in [2.45, 2.75) is 64.8 Å². The van der Waals surface area contributed by atoms with Gasteiger partial charge in [0, 0.05) is 31.5 Å². The van der Waals surface area contributed by atoms with E-state index in [1.54, 1.807) is 0 Å². The second kappa shape index (κ2) is 5.99. The van der Waals surface area contributed by atoms with Crippen LogP contribution in [0.2, 0.25) is 0 Å². The molecule has 0 aromatic carbocycles. The second-order valence-electron chi connectivity index (χ2n) is 6.08. The number of hydrogen-bond acceptors (Lipinski definition) is 2. The van der Waals surface area contributed by atoms with Crippen molar-refractivity contribution >= 4 is 5.78 Å². The molecule has 1 heterocycles. The fourth-order valence-corrected chi connectivity index (χ4v) is 3.58. The number of hydrogen-bond donors (Lipinski definition) is 0. The molecule has 2 aliphatic rings. The maximum absolute atomic E-state index is 11.5. The van der Waals surface area contributed by atoms with Crippen molar-refractivity contribution in [3.05, 3.63) is 0 Å². The van der Waals surface area contributed by atoms with E-state index >= 15 is 0 Å². The highest BCUT2D eigenvalue weighted by atomic mass is 16.1. The van der Waals surface area contributed by atoms with E-state index in [0.29, 0.717) is 5.78 Å². The fraction of sp³-hybridized carbons (Fsp3) is 0.933. The zero-order chi connectivity index (χ0) is 12.3. The lowest BCUT2D eigenvalue weighted by molar-refractivity contribution is -0.126. The number of likely N-dealkylation sites (tertiary alicyclic amines) is 1. The number of Topliss-reactive ketones (excluding diaryl/α,β-unsaturated/α-hetero) is 1. The molecule has 98 valence electrons. The Bertz CT molecular complexity index is 256. The molecule has 0 aromatic rings. The van der Waals surface area contributed by atoms with Crippen molar-refractivity contribution < 1.29 is 4.79 Å². The Labute approximate surface area is 106 Å². The molecule has 1 saturated heterocycles. The molecule has 1 atom stereocenters. The maximum Gasteiger partial charge on any atom is 0.138 e. The van der Waals surface area contributed by atoms with Gasteiger partial charge in [0.2, 0.25) is 0 Å². The van der Waals surface area contributed by atoms with Crippen LogP contribution in [0.25, 0.3) is 0 Å². The molecule has 1 saturated carbocycles. The van der Waals surface area contributed by atoms with Crippen molar-refractivity contribution in [1.82, 2.24) is 4.90 Å². The summed E-state index contributed by atoms with van der Waals surface area (Å²) in [7, 11) is 0. The second-order valence-corrected chi connectivity index (χ2v) is 6.08. The van der Waals surface area contributed by atoms with Crippen molar-refractivity contribution in [3.8, 4) is 0 Å². The van der Waals surface area contributed by atoms with E-state index in [1.807, 2.05) is 0 Å². The van der Waals surface area contributed by atoms with E-state index in [4.69, 9.17) is 0 Å². The summed E-state index contributed by atoms with van der Waals surface area (Å²) in [4.78, 5) is 14.1. The first-order valence-corrected chi connectivity index (χ1v) is 7.47. The molecule has 2 heteroatoms. The molecule has 0 amide bonds. The van der Waals surface area contributed by atoms with Crippen LogP contribution < -0.4 is 0 Å². The number of nitrogens with zero attached hydrogens (tertiary/aromatic N) is 1. The van der Waals surface area contributed by atoms with Crippen LogP contribution in [0.3, 0.4) is 0 Å². The summed E-state index contributed by atoms with van der Waals surface area (Å²) >= 11 is 0. The SMILES string of the molecule is CCCC1CCC(N2CCC(=O)C(C)C2)CC1. The van der Waals surface area contributed by atoms with Crippen LogP contribution in [0.1, 0.15) is 58.8 Å². The fourth-order valence-electron chi connectivity index (χ4n) is 3.58. The summed E-state index contributed by atoms with van der Waals surface area (Å²) in [6.07, 6.45) is 9.11. The van der Waals surface area contributed by atoms with E-state index in [-0.39, 0.29) is 5.92 Å². The Morgan fingerprint density at radius 2 is 1.94 bits per heavy atom. The average Bonchev–Trinajstić information content (AvgIpc) is 2.34. The van der Waals surface area contributed by atoms with Gasteiger partial charge in [0.1, 0.15) is 5.78 Å². The molecule has 2 rings (SSSR count). The lowest BCUT2D eigenvalue weighted by Gasteiger charge is -2.40. The van der Waals surface area contributed by atoms with Crippen LogP contribution in [0.15, 0.2) is 0 Å². The lowest BCUT2D eigenvalue weighted by atomic mass is 9.82. The van der Waals surface area contributed by atoms with Crippen LogP contribution >= 0.6 is 0 Å². The zero-order valence-corrected chi connectivity index (χ0v) is 11.5. The molecule has 0 aromatic heterocycles. The van der Waals surface area contributed by atoms with Crippen LogP contribution in [0.4, 0.5) is 0 Å². The summed E-state index contributed by atoms with van der Waals surface area (Å²) in [5, 5.41) is 0. The maximum atomic E-state index is 11.5. The molecule has 0 radical (unpaired) electrons. The topological polar surface area (TPSA) is 20.3 Å². The van der Waals surface area contributed by atoms with Gasteiger partial charge in [-0.25, -0.2) is 0 Å². The molecular formula is C15H27NO. The van der Waals surface area contributed by atoms with Gasteiger partial charge in [-0.3, -0.25) is 9.69 Å². The van der Waals surface area contributed by atoms with Gasteiger partial charge in [-0.05, 0) is 31.6 Å². The highest BCUT2D eigenvalue weighted by Crippen LogP contribution is 2.31. The normalized spacial score (nSPS) is 36.1. The monoisotopic (exact) mass is 237 g/mol. The molecule has 1 aliphatic carbocycles. The van der Waals surface area contributed by atoms with Gasteiger partial charge in [0.15, 0.2) is 0 Å². The van der Waals surface area contributed by atoms with E-state index in [9.17, 15) is 4.79 Å². The first-order valence-electron chi connectivity index (χ1n) is 7.47. The minimum Gasteiger partial charge on any atom is -0.299 e. The van der Waals surface area contributed by atoms with Gasteiger partial charge in [-0.1, -0.05) is 26.7 Å². The molecule has 0 bridgehead atoms. The number of carbonyl (C=O) groups is 1. The Morgan fingerprint density at radius 1 is 1.24 bits per heavy atom. The third kappa shape index (κ3) is 3.31. The Hall–Kier alpha value is -0.370. The average molecular weight is 237 g/mol. The van der Waals surface area contributed by atoms with Gasteiger partial charge < -0.3 is 0 Å². The van der Waals surface area contributed by atoms with Crippen LogP contribution in [0, 0.1) is 11.8 Å². The number of piperidine rings is 1. The molecule has 17 heavy (non-hydrogen) atoms. The Morgan fingerprint density at radius 3 is 2.53 bits per heavy atom. The summed E-state index contributed by atoms with van der Waals surface area (Å²) in [6.45, 7) is 6.43. The molecule has 0 spiro atoms. The Balaban J connectivity index is 1.79. The standard InChI is InChI=1S/C15H27NO/c1-3-4-13-5-7-14(8-6-13)16-10-9-15(17)12(2)11-16/h12-14H,3-11H2,1-2H3. The van der Waals surface area contributed by atoms with Gasteiger partial charge in [0.05, 0.1) is 0 Å². The predicted molar refractivity (Wildman–Crippen MR) is 71.0 cm³/mol. The largest absolute Gasteiger partial charge is 0.299 e. The third-order valence-corrected chi connectivity index (χ3v) is 4.73. The first kappa shape index (κ1) is 13.1. The van der Waals surface area contributed by atoms with Crippen molar-refractivity contribution in [3.63, 3.8) is 0 Å². The molecule has 1 unspecified atom stereocenters. The number of carbonyl (C=O) groups excluding carboxylic acids is 1. The van der Waals surface area contributed by atoms with Crippen molar-refractivity contribution in [1.29, 1.82) is 0 Å². The number of ketones is 1. The summed E-state index contributed by atoms with van der Waals surface area (Å²) < 4.78 is 0. The molecule has 2 nitrogen and oxygen atoms in total. The summed E-state index contributed by atoms with van der Waals surface area (Å²) in [6, 6.07) is 0.777. The van der Waals surface area contributed by atoms with Crippen LogP contribution in [0.5, 0.6) is 0 Å². The minimum atomic E-state index is 0.275. The van der Waals surface area contributed by atoms with Crippen LogP contribution in [-0.4, -0.2) is 29.8 Å². The molecule has 2 fully saturated rings. The predicted octanol–water partition coefficient (Wildman–Crippen LogP) is 3.26. The van der Waals surface area contributed by atoms with Crippen LogP contribution in [-0.2, 0) is 4.79 Å². The highest BCUT2D eigenvalue weighted by Gasteiger charge is 2.30. The minimum absolute atomic E-state index is 0.275. The van der Waals surface area contributed by atoms with E-state index in [1.165, 1.54) is 38.5 Å². The van der Waals surface area contributed by atoms with Crippen molar-refractivity contribution in [2.24, 2.45) is 11.8 Å². The smallest absolute Gasteiger partial charge is 0.138 e. The van der Waals surface area contributed by atoms with Gasteiger partial charge in [0.25, 0.3) is 0 Å². The third-order valence-electron chi connectivity index (χ3n) is 4.73. The van der Waals surface area contributed by atoms with Crippen molar-refractivity contribution in [2.75, 3.05) is 13.1 Å². The zero-order valence-electron chi connectivity index (χ0n) is 11.5. The van der Waals surface area contributed by atoms with E-state index in [2.05, 4.69) is 18.7 Å². The molecular weight excluding hydrogens is 210 g/mol. The van der Waals surface area contributed by atoms with Gasteiger partial charge in [-0.15, -0.1) is 0 Å². The Kier molecular flexibility index (Phi) is 4.61. The first-order chi connectivity index (χ1) is 8.20. The van der Waals surface area contributed by atoms with Gasteiger partial charge >= 0.3 is 0 Å².